The van der Waals surface area contributed by atoms with Gasteiger partial charge in [-0.15, -0.1) is 0 Å². The number of benzene rings is 3. The van der Waals surface area contributed by atoms with E-state index in [4.69, 9.17) is 16.6 Å². The summed E-state index contributed by atoms with van der Waals surface area (Å²) in [5.74, 6) is 0.600. The van der Waals surface area contributed by atoms with Crippen LogP contribution in [0.2, 0.25) is 5.02 Å². The number of rotatable bonds is 5. The summed E-state index contributed by atoms with van der Waals surface area (Å²) in [6.45, 7) is 3.08. The molecule has 6 heteroatoms. The van der Waals surface area contributed by atoms with E-state index in [1.54, 1.807) is 0 Å². The molecule has 0 bridgehead atoms. The molecule has 3 heterocycles. The Hall–Kier alpha value is -3.67. The fraction of sp³-hybridized carbons (Fsp3) is 0.172. The van der Waals surface area contributed by atoms with Crippen LogP contribution in [0.3, 0.4) is 0 Å². The highest BCUT2D eigenvalue weighted by molar-refractivity contribution is 6.30. The fourth-order valence-electron chi connectivity index (χ4n) is 4.96. The lowest BCUT2D eigenvalue weighted by atomic mass is 10.1. The molecule has 1 aliphatic heterocycles. The SMILES string of the molecule is O=c1[nH]c(-c2ccc(Cl)cc2)nc2c1CN(Cc1cn(Cc3ccccc3)c3ccccc13)CC2. The van der Waals surface area contributed by atoms with E-state index in [2.05, 4.69) is 69.2 Å². The van der Waals surface area contributed by atoms with Crippen LogP contribution in [0.1, 0.15) is 22.4 Å². The number of aromatic nitrogens is 3. The third-order valence-corrected chi connectivity index (χ3v) is 6.98. The van der Waals surface area contributed by atoms with Gasteiger partial charge in [0.2, 0.25) is 0 Å². The predicted octanol–water partition coefficient (Wildman–Crippen LogP) is 5.65. The van der Waals surface area contributed by atoms with Crippen molar-refractivity contribution in [3.05, 3.63) is 123 Å². The zero-order valence-electron chi connectivity index (χ0n) is 19.2. The molecule has 35 heavy (non-hydrogen) atoms. The Bertz CT molecular complexity index is 1550. The second-order valence-corrected chi connectivity index (χ2v) is 9.53. The van der Waals surface area contributed by atoms with Gasteiger partial charge in [-0.05, 0) is 41.5 Å². The van der Waals surface area contributed by atoms with E-state index in [-0.39, 0.29) is 5.56 Å². The number of nitrogens with one attached hydrogen (secondary N) is 1. The van der Waals surface area contributed by atoms with Crippen LogP contribution < -0.4 is 5.56 Å². The number of fused-ring (bicyclic) bond motifs is 2. The second kappa shape index (κ2) is 9.17. The Morgan fingerprint density at radius 1 is 0.914 bits per heavy atom. The lowest BCUT2D eigenvalue weighted by molar-refractivity contribution is 0.242. The quantitative estimate of drug-likeness (QED) is 0.353. The second-order valence-electron chi connectivity index (χ2n) is 9.09. The fourth-order valence-corrected chi connectivity index (χ4v) is 5.09. The van der Waals surface area contributed by atoms with Crippen LogP contribution in [-0.2, 0) is 26.1 Å². The highest BCUT2D eigenvalue weighted by Crippen LogP contribution is 2.26. The minimum absolute atomic E-state index is 0.0591. The molecule has 5 nitrogen and oxygen atoms in total. The molecular weight excluding hydrogens is 456 g/mol. The Kier molecular flexibility index (Phi) is 5.72. The monoisotopic (exact) mass is 480 g/mol. The Morgan fingerprint density at radius 2 is 1.69 bits per heavy atom. The Balaban J connectivity index is 1.26. The van der Waals surface area contributed by atoms with E-state index in [1.165, 1.54) is 22.0 Å². The molecule has 0 unspecified atom stereocenters. The lowest BCUT2D eigenvalue weighted by Crippen LogP contribution is -2.35. The van der Waals surface area contributed by atoms with E-state index in [0.717, 1.165) is 42.9 Å². The molecule has 0 radical (unpaired) electrons. The summed E-state index contributed by atoms with van der Waals surface area (Å²) in [5, 5.41) is 1.93. The van der Waals surface area contributed by atoms with Gasteiger partial charge in [0.1, 0.15) is 5.82 Å². The standard InChI is InChI=1S/C29H25ClN4O/c30-23-12-10-21(11-13-23)28-31-26-14-15-33(19-25(26)29(35)32-28)17-22-18-34(16-20-6-2-1-3-7-20)27-9-5-4-8-24(22)27/h1-13,18H,14-17,19H2,(H,31,32,35). The highest BCUT2D eigenvalue weighted by atomic mass is 35.5. The van der Waals surface area contributed by atoms with Crippen LogP contribution in [0, 0.1) is 0 Å². The first-order chi connectivity index (χ1) is 17.1. The number of nitrogens with zero attached hydrogens (tertiary/aromatic N) is 3. The topological polar surface area (TPSA) is 53.9 Å². The van der Waals surface area contributed by atoms with Crippen molar-refractivity contribution in [2.24, 2.45) is 0 Å². The first kappa shape index (κ1) is 21.8. The average molecular weight is 481 g/mol. The molecule has 1 N–H and O–H groups in total. The molecule has 2 aromatic heterocycles. The van der Waals surface area contributed by atoms with Crippen molar-refractivity contribution >= 4 is 22.5 Å². The molecule has 0 saturated carbocycles. The number of aromatic amines is 1. The maximum absolute atomic E-state index is 13.0. The molecule has 0 atom stereocenters. The molecule has 5 aromatic rings. The minimum Gasteiger partial charge on any atom is -0.343 e. The summed E-state index contributed by atoms with van der Waals surface area (Å²) in [5.41, 5.74) is 6.25. The summed E-state index contributed by atoms with van der Waals surface area (Å²) < 4.78 is 2.32. The van der Waals surface area contributed by atoms with Crippen LogP contribution in [0.25, 0.3) is 22.3 Å². The molecule has 0 amide bonds. The zero-order chi connectivity index (χ0) is 23.8. The van der Waals surface area contributed by atoms with E-state index < -0.39 is 0 Å². The summed E-state index contributed by atoms with van der Waals surface area (Å²) >= 11 is 6.01. The zero-order valence-corrected chi connectivity index (χ0v) is 20.0. The van der Waals surface area contributed by atoms with Crippen LogP contribution in [-0.4, -0.2) is 26.0 Å². The summed E-state index contributed by atoms with van der Waals surface area (Å²) in [6, 6.07) is 26.5. The van der Waals surface area contributed by atoms with Crippen molar-refractivity contribution in [1.82, 2.24) is 19.4 Å². The first-order valence-electron chi connectivity index (χ1n) is 11.8. The number of para-hydroxylation sites is 1. The van der Waals surface area contributed by atoms with Crippen LogP contribution >= 0.6 is 11.6 Å². The van der Waals surface area contributed by atoms with Gasteiger partial charge in [0.05, 0.1) is 11.3 Å². The van der Waals surface area contributed by atoms with Gasteiger partial charge >= 0.3 is 0 Å². The van der Waals surface area contributed by atoms with Gasteiger partial charge in [-0.2, -0.15) is 0 Å². The maximum atomic E-state index is 13.0. The molecule has 0 fully saturated rings. The molecule has 0 saturated heterocycles. The van der Waals surface area contributed by atoms with Crippen molar-refractivity contribution in [3.8, 4) is 11.4 Å². The number of H-pyrrole nitrogens is 1. The van der Waals surface area contributed by atoms with E-state index in [0.29, 0.717) is 17.4 Å². The van der Waals surface area contributed by atoms with Crippen LogP contribution in [0.5, 0.6) is 0 Å². The number of halogens is 1. The third-order valence-electron chi connectivity index (χ3n) is 6.73. The first-order valence-corrected chi connectivity index (χ1v) is 12.2. The largest absolute Gasteiger partial charge is 0.343 e. The molecule has 3 aromatic carbocycles. The Labute approximate surface area is 208 Å². The molecule has 0 spiro atoms. The average Bonchev–Trinajstić information content (AvgIpc) is 3.22. The van der Waals surface area contributed by atoms with Crippen molar-refractivity contribution in [1.29, 1.82) is 0 Å². The van der Waals surface area contributed by atoms with Gasteiger partial charge in [0, 0.05) is 60.3 Å². The summed E-state index contributed by atoms with van der Waals surface area (Å²) in [7, 11) is 0. The smallest absolute Gasteiger partial charge is 0.255 e. The number of hydrogen-bond acceptors (Lipinski definition) is 3. The Morgan fingerprint density at radius 3 is 2.51 bits per heavy atom. The van der Waals surface area contributed by atoms with Crippen molar-refractivity contribution in [2.75, 3.05) is 6.54 Å². The van der Waals surface area contributed by atoms with Gasteiger partial charge in [-0.3, -0.25) is 9.69 Å². The summed E-state index contributed by atoms with van der Waals surface area (Å²) in [6.07, 6.45) is 3.02. The van der Waals surface area contributed by atoms with Crippen LogP contribution in [0.4, 0.5) is 0 Å². The summed E-state index contributed by atoms with van der Waals surface area (Å²) in [4.78, 5) is 23.1. The molecule has 0 aliphatic carbocycles. The van der Waals surface area contributed by atoms with Gasteiger partial charge in [0.15, 0.2) is 0 Å². The molecule has 6 rings (SSSR count). The van der Waals surface area contributed by atoms with Crippen LogP contribution in [0.15, 0.2) is 89.9 Å². The highest BCUT2D eigenvalue weighted by Gasteiger charge is 2.23. The van der Waals surface area contributed by atoms with E-state index >= 15 is 0 Å². The van der Waals surface area contributed by atoms with Gasteiger partial charge in [-0.1, -0.05) is 60.1 Å². The molecule has 174 valence electrons. The molecule has 1 aliphatic rings. The maximum Gasteiger partial charge on any atom is 0.255 e. The van der Waals surface area contributed by atoms with Crippen molar-refractivity contribution in [2.45, 2.75) is 26.1 Å². The van der Waals surface area contributed by atoms with Gasteiger partial charge < -0.3 is 9.55 Å². The van der Waals surface area contributed by atoms with Gasteiger partial charge in [-0.25, -0.2) is 4.98 Å². The van der Waals surface area contributed by atoms with Crippen molar-refractivity contribution < 1.29 is 0 Å². The van der Waals surface area contributed by atoms with E-state index in [1.807, 2.05) is 30.3 Å². The van der Waals surface area contributed by atoms with E-state index in [9.17, 15) is 4.79 Å². The predicted molar refractivity (Wildman–Crippen MR) is 141 cm³/mol. The third kappa shape index (κ3) is 4.41. The number of hydrogen-bond donors (Lipinski definition) is 1. The lowest BCUT2D eigenvalue weighted by Gasteiger charge is -2.27. The normalized spacial score (nSPS) is 13.7. The molecular formula is C29H25ClN4O. The van der Waals surface area contributed by atoms with Crippen molar-refractivity contribution in [3.63, 3.8) is 0 Å². The minimum atomic E-state index is -0.0591. The van der Waals surface area contributed by atoms with Gasteiger partial charge in [0.25, 0.3) is 5.56 Å².